The summed E-state index contributed by atoms with van der Waals surface area (Å²) in [5.74, 6) is 1.64. The van der Waals surface area contributed by atoms with E-state index in [-0.39, 0.29) is 0 Å². The van der Waals surface area contributed by atoms with Crippen LogP contribution in [0.5, 0.6) is 17.2 Å². The molecule has 1 aromatic heterocycles. The average Bonchev–Trinajstić information content (AvgIpc) is 3.16. The summed E-state index contributed by atoms with van der Waals surface area (Å²) in [5.41, 5.74) is 2.49. The molecular weight excluding hydrogens is 433 g/mol. The molecule has 0 atom stereocenters. The largest absolute Gasteiger partial charge is 0.493 e. The van der Waals surface area contributed by atoms with Crippen molar-refractivity contribution in [1.29, 1.82) is 0 Å². The number of halogens is 2. The van der Waals surface area contributed by atoms with Crippen LogP contribution in [0.25, 0.3) is 11.3 Å². The highest BCUT2D eigenvalue weighted by Crippen LogP contribution is 2.41. The zero-order chi connectivity index (χ0) is 21.0. The number of ether oxygens (including phenoxy) is 3. The van der Waals surface area contributed by atoms with Gasteiger partial charge in [-0.25, -0.2) is 4.68 Å². The predicted octanol–water partition coefficient (Wildman–Crippen LogP) is 4.96. The van der Waals surface area contributed by atoms with E-state index < -0.39 is 0 Å². The Morgan fingerprint density at radius 2 is 1.66 bits per heavy atom. The van der Waals surface area contributed by atoms with E-state index in [1.807, 2.05) is 23.6 Å². The van der Waals surface area contributed by atoms with Gasteiger partial charge in [0.1, 0.15) is 0 Å². The lowest BCUT2D eigenvalue weighted by molar-refractivity contribution is 0.324. The summed E-state index contributed by atoms with van der Waals surface area (Å²) in [5, 5.41) is 7.53. The number of benzene rings is 2. The van der Waals surface area contributed by atoms with Crippen molar-refractivity contribution in [2.75, 3.05) is 28.4 Å². The Bertz CT molecular complexity index is 1100. The number of hydrogen-bond acceptors (Lipinski definition) is 6. The summed E-state index contributed by atoms with van der Waals surface area (Å²) in [6, 6.07) is 9.06. The van der Waals surface area contributed by atoms with E-state index in [1.54, 1.807) is 51.4 Å². The Hall–Kier alpha value is -2.48. The van der Waals surface area contributed by atoms with Crippen molar-refractivity contribution in [1.82, 2.24) is 4.68 Å². The number of rotatable bonds is 6. The standard InChI is InChI=1S/C20H19Cl2N3O3S/c1-23-20-25(24-10-12-5-6-14(21)15(22)7-12)16(11-29-20)13-8-17(26-2)19(28-4)18(9-13)27-3/h5-11H,1-4H3. The van der Waals surface area contributed by atoms with E-state index in [4.69, 9.17) is 37.4 Å². The molecule has 0 aliphatic heterocycles. The summed E-state index contributed by atoms with van der Waals surface area (Å²) >= 11 is 13.6. The van der Waals surface area contributed by atoms with E-state index in [9.17, 15) is 0 Å². The first kappa shape index (κ1) is 21.2. The Morgan fingerprint density at radius 3 is 2.21 bits per heavy atom. The van der Waals surface area contributed by atoms with Gasteiger partial charge in [0.25, 0.3) is 0 Å². The van der Waals surface area contributed by atoms with Crippen molar-refractivity contribution in [2.24, 2.45) is 10.1 Å². The van der Waals surface area contributed by atoms with E-state index >= 15 is 0 Å². The van der Waals surface area contributed by atoms with Gasteiger partial charge in [0.2, 0.25) is 10.6 Å². The van der Waals surface area contributed by atoms with Crippen LogP contribution in [0, 0.1) is 0 Å². The topological polar surface area (TPSA) is 57.3 Å². The second kappa shape index (κ2) is 9.35. The molecule has 9 heteroatoms. The lowest BCUT2D eigenvalue weighted by Gasteiger charge is -2.14. The number of nitrogens with zero attached hydrogens (tertiary/aromatic N) is 3. The number of methoxy groups -OCH3 is 3. The van der Waals surface area contributed by atoms with E-state index in [0.29, 0.717) is 27.3 Å². The molecule has 152 valence electrons. The van der Waals surface area contributed by atoms with Gasteiger partial charge < -0.3 is 14.2 Å². The van der Waals surface area contributed by atoms with Crippen molar-refractivity contribution in [3.05, 3.63) is 56.1 Å². The van der Waals surface area contributed by atoms with Crippen LogP contribution < -0.4 is 19.0 Å². The van der Waals surface area contributed by atoms with Crippen molar-refractivity contribution in [3.8, 4) is 28.5 Å². The molecule has 0 N–H and O–H groups in total. The molecule has 0 radical (unpaired) electrons. The van der Waals surface area contributed by atoms with E-state index in [2.05, 4.69) is 10.1 Å². The van der Waals surface area contributed by atoms with Gasteiger partial charge in [0.15, 0.2) is 11.5 Å². The van der Waals surface area contributed by atoms with Gasteiger partial charge in [-0.3, -0.25) is 4.99 Å². The Morgan fingerprint density at radius 1 is 0.966 bits per heavy atom. The normalized spacial score (nSPS) is 11.9. The maximum absolute atomic E-state index is 6.10. The van der Waals surface area contributed by atoms with Crippen molar-refractivity contribution >= 4 is 40.8 Å². The Balaban J connectivity index is 2.12. The van der Waals surface area contributed by atoms with Crippen LogP contribution in [0.15, 0.2) is 45.8 Å². The van der Waals surface area contributed by atoms with Crippen molar-refractivity contribution in [3.63, 3.8) is 0 Å². The first-order valence-corrected chi connectivity index (χ1v) is 10.1. The molecule has 0 fully saturated rings. The SMILES string of the molecule is CN=c1scc(-c2cc(OC)c(OC)c(OC)c2)n1N=Cc1ccc(Cl)c(Cl)c1. The second-order valence-corrected chi connectivity index (χ2v) is 7.42. The fraction of sp³-hybridized carbons (Fsp3) is 0.200. The van der Waals surface area contributed by atoms with E-state index in [1.165, 1.54) is 11.3 Å². The maximum atomic E-state index is 6.10. The second-order valence-electron chi connectivity index (χ2n) is 5.77. The minimum Gasteiger partial charge on any atom is -0.493 e. The highest BCUT2D eigenvalue weighted by molar-refractivity contribution is 7.07. The molecule has 0 spiro atoms. The lowest BCUT2D eigenvalue weighted by atomic mass is 10.1. The average molecular weight is 452 g/mol. The summed E-state index contributed by atoms with van der Waals surface area (Å²) < 4.78 is 18.1. The van der Waals surface area contributed by atoms with Gasteiger partial charge in [-0.2, -0.15) is 5.10 Å². The molecule has 0 aliphatic rings. The molecule has 3 rings (SSSR count). The lowest BCUT2D eigenvalue weighted by Crippen LogP contribution is -2.11. The zero-order valence-corrected chi connectivity index (χ0v) is 18.6. The summed E-state index contributed by atoms with van der Waals surface area (Å²) in [6.07, 6.45) is 1.70. The van der Waals surface area contributed by atoms with Gasteiger partial charge in [-0.15, -0.1) is 11.3 Å². The van der Waals surface area contributed by atoms with Gasteiger partial charge in [0.05, 0.1) is 43.3 Å². The maximum Gasteiger partial charge on any atom is 0.205 e. The molecule has 29 heavy (non-hydrogen) atoms. The highest BCUT2D eigenvalue weighted by Gasteiger charge is 2.16. The molecule has 0 aliphatic carbocycles. The summed E-state index contributed by atoms with van der Waals surface area (Å²) in [4.78, 5) is 5.04. The molecule has 0 bridgehead atoms. The number of aromatic nitrogens is 1. The van der Waals surface area contributed by atoms with Crippen molar-refractivity contribution in [2.45, 2.75) is 0 Å². The van der Waals surface area contributed by atoms with Crippen LogP contribution in [0.4, 0.5) is 0 Å². The first-order chi connectivity index (χ1) is 14.0. The highest BCUT2D eigenvalue weighted by atomic mass is 35.5. The quantitative estimate of drug-likeness (QED) is 0.497. The molecule has 0 saturated carbocycles. The minimum absolute atomic E-state index is 0.469. The Kier molecular flexibility index (Phi) is 6.84. The van der Waals surface area contributed by atoms with Gasteiger partial charge in [0, 0.05) is 18.0 Å². The summed E-state index contributed by atoms with van der Waals surface area (Å²) in [6.45, 7) is 0. The number of hydrogen-bond donors (Lipinski definition) is 0. The third-order valence-electron chi connectivity index (χ3n) is 4.10. The molecule has 0 unspecified atom stereocenters. The Labute approximate surface area is 182 Å². The molecule has 0 saturated heterocycles. The first-order valence-electron chi connectivity index (χ1n) is 8.45. The van der Waals surface area contributed by atoms with Crippen LogP contribution in [0.2, 0.25) is 10.0 Å². The summed E-state index contributed by atoms with van der Waals surface area (Å²) in [7, 11) is 6.45. The zero-order valence-electron chi connectivity index (χ0n) is 16.3. The van der Waals surface area contributed by atoms with Crippen molar-refractivity contribution < 1.29 is 14.2 Å². The van der Waals surface area contributed by atoms with Crippen LogP contribution >= 0.6 is 34.5 Å². The molecule has 3 aromatic rings. The van der Waals surface area contributed by atoms with Crippen LogP contribution in [-0.2, 0) is 0 Å². The third kappa shape index (κ3) is 4.42. The van der Waals surface area contributed by atoms with Gasteiger partial charge in [-0.05, 0) is 29.8 Å². The van der Waals surface area contributed by atoms with Crippen LogP contribution in [0.3, 0.4) is 0 Å². The van der Waals surface area contributed by atoms with Crippen LogP contribution in [0.1, 0.15) is 5.56 Å². The minimum atomic E-state index is 0.469. The van der Waals surface area contributed by atoms with E-state index in [0.717, 1.165) is 21.6 Å². The molecule has 2 aromatic carbocycles. The van der Waals surface area contributed by atoms with Crippen LogP contribution in [-0.4, -0.2) is 39.3 Å². The number of thiazole rings is 1. The molecule has 6 nitrogen and oxygen atoms in total. The van der Waals surface area contributed by atoms with Gasteiger partial charge in [-0.1, -0.05) is 29.3 Å². The smallest absolute Gasteiger partial charge is 0.205 e. The molecule has 1 heterocycles. The molecule has 0 amide bonds. The fourth-order valence-electron chi connectivity index (χ4n) is 2.71. The fourth-order valence-corrected chi connectivity index (χ4v) is 3.82. The third-order valence-corrected chi connectivity index (χ3v) is 5.75. The predicted molar refractivity (Wildman–Crippen MR) is 118 cm³/mol. The molecular formula is C20H19Cl2N3O3S. The monoisotopic (exact) mass is 451 g/mol. The van der Waals surface area contributed by atoms with Gasteiger partial charge >= 0.3 is 0 Å².